The Morgan fingerprint density at radius 3 is 2.16 bits per heavy atom. The molecular formula is C27H28N2O2. The lowest BCUT2D eigenvalue weighted by Crippen LogP contribution is -2.30. The molecule has 1 N–H and O–H groups in total. The van der Waals surface area contributed by atoms with Gasteiger partial charge in [0, 0.05) is 11.4 Å². The van der Waals surface area contributed by atoms with Crippen LogP contribution < -0.4 is 15.0 Å². The molecule has 1 aliphatic rings. The maximum atomic E-state index is 13.5. The van der Waals surface area contributed by atoms with Crippen molar-refractivity contribution in [2.75, 3.05) is 17.3 Å². The summed E-state index contributed by atoms with van der Waals surface area (Å²) in [5.41, 5.74) is 5.88. The number of aryl methyl sites for hydroxylation is 2. The number of nitrogens with one attached hydrogen (secondary N) is 1. The van der Waals surface area contributed by atoms with Crippen LogP contribution in [0.3, 0.4) is 0 Å². The number of benzene rings is 3. The van der Waals surface area contributed by atoms with Gasteiger partial charge >= 0.3 is 0 Å². The average Bonchev–Trinajstić information content (AvgIpc) is 3.15. The van der Waals surface area contributed by atoms with Gasteiger partial charge in [-0.2, -0.15) is 0 Å². The lowest BCUT2D eigenvalue weighted by Gasteiger charge is -2.25. The van der Waals surface area contributed by atoms with Crippen molar-refractivity contribution in [2.45, 2.75) is 32.7 Å². The molecular weight excluding hydrogens is 384 g/mol. The zero-order valence-corrected chi connectivity index (χ0v) is 18.3. The second-order valence-electron chi connectivity index (χ2n) is 7.67. The van der Waals surface area contributed by atoms with Gasteiger partial charge in [0.2, 0.25) is 0 Å². The zero-order valence-electron chi connectivity index (χ0n) is 18.3. The smallest absolute Gasteiger partial charge is 0.275 e. The van der Waals surface area contributed by atoms with Gasteiger partial charge in [0.1, 0.15) is 11.4 Å². The fourth-order valence-corrected chi connectivity index (χ4v) is 3.88. The van der Waals surface area contributed by atoms with E-state index in [1.807, 2.05) is 59.5 Å². The molecule has 0 unspecified atom stereocenters. The lowest BCUT2D eigenvalue weighted by atomic mass is 10.1. The van der Waals surface area contributed by atoms with E-state index in [9.17, 15) is 4.79 Å². The molecule has 0 aromatic heterocycles. The molecule has 0 fully saturated rings. The lowest BCUT2D eigenvalue weighted by molar-refractivity contribution is -0.114. The van der Waals surface area contributed by atoms with E-state index < -0.39 is 0 Å². The minimum Gasteiger partial charge on any atom is -0.497 e. The monoisotopic (exact) mass is 412 g/mol. The van der Waals surface area contributed by atoms with Crippen LogP contribution in [0.15, 0.2) is 84.6 Å². The third-order valence-corrected chi connectivity index (χ3v) is 5.75. The van der Waals surface area contributed by atoms with Gasteiger partial charge in [-0.15, -0.1) is 0 Å². The molecule has 0 saturated carbocycles. The van der Waals surface area contributed by atoms with Crippen molar-refractivity contribution in [2.24, 2.45) is 0 Å². The third kappa shape index (κ3) is 4.33. The Bertz CT molecular complexity index is 1080. The largest absolute Gasteiger partial charge is 0.497 e. The van der Waals surface area contributed by atoms with Crippen LogP contribution >= 0.6 is 0 Å². The van der Waals surface area contributed by atoms with E-state index in [4.69, 9.17) is 4.74 Å². The zero-order chi connectivity index (χ0) is 21.8. The SMILES string of the molecule is CCc1ccc(NC2=C[C@@H](c3cccc(OC)c3)N(c3ccc(CC)cc3)C2=O)cc1. The summed E-state index contributed by atoms with van der Waals surface area (Å²) in [6.45, 7) is 4.26. The number of rotatable bonds is 7. The van der Waals surface area contributed by atoms with Crippen molar-refractivity contribution in [1.82, 2.24) is 0 Å². The van der Waals surface area contributed by atoms with Gasteiger partial charge in [0.05, 0.1) is 13.2 Å². The first kappa shape index (κ1) is 20.7. The summed E-state index contributed by atoms with van der Waals surface area (Å²) in [6, 6.07) is 24.1. The van der Waals surface area contributed by atoms with Crippen molar-refractivity contribution < 1.29 is 9.53 Å². The normalized spacial score (nSPS) is 15.7. The summed E-state index contributed by atoms with van der Waals surface area (Å²) in [5.74, 6) is 0.729. The molecule has 4 nitrogen and oxygen atoms in total. The Kier molecular flexibility index (Phi) is 6.08. The Morgan fingerprint density at radius 1 is 0.903 bits per heavy atom. The van der Waals surface area contributed by atoms with Crippen LogP contribution in [0.25, 0.3) is 0 Å². The van der Waals surface area contributed by atoms with Gasteiger partial charge in [0.25, 0.3) is 5.91 Å². The molecule has 4 heteroatoms. The van der Waals surface area contributed by atoms with E-state index in [1.54, 1.807) is 7.11 Å². The second-order valence-corrected chi connectivity index (χ2v) is 7.67. The third-order valence-electron chi connectivity index (χ3n) is 5.75. The number of carbonyl (C=O) groups is 1. The number of ether oxygens (including phenoxy) is 1. The van der Waals surface area contributed by atoms with Gasteiger partial charge in [-0.05, 0) is 72.0 Å². The molecule has 0 aliphatic carbocycles. The number of hydrogen-bond donors (Lipinski definition) is 1. The van der Waals surface area contributed by atoms with E-state index in [0.29, 0.717) is 5.70 Å². The predicted molar refractivity (Wildman–Crippen MR) is 127 cm³/mol. The molecule has 4 rings (SSSR count). The van der Waals surface area contributed by atoms with Gasteiger partial charge < -0.3 is 10.1 Å². The van der Waals surface area contributed by atoms with E-state index in [2.05, 4.69) is 43.4 Å². The van der Waals surface area contributed by atoms with E-state index >= 15 is 0 Å². The summed E-state index contributed by atoms with van der Waals surface area (Å²) in [4.78, 5) is 15.3. The highest BCUT2D eigenvalue weighted by Gasteiger charge is 2.35. The molecule has 0 saturated heterocycles. The molecule has 0 radical (unpaired) electrons. The molecule has 3 aromatic carbocycles. The number of amides is 1. The van der Waals surface area contributed by atoms with Gasteiger partial charge in [-0.3, -0.25) is 9.69 Å². The van der Waals surface area contributed by atoms with Crippen molar-refractivity contribution in [3.8, 4) is 5.75 Å². The van der Waals surface area contributed by atoms with E-state index in [0.717, 1.165) is 35.5 Å². The Hall–Kier alpha value is -3.53. The number of anilines is 2. The number of hydrogen-bond acceptors (Lipinski definition) is 3. The Balaban J connectivity index is 1.70. The first-order valence-electron chi connectivity index (χ1n) is 10.8. The van der Waals surface area contributed by atoms with Crippen LogP contribution in [-0.4, -0.2) is 13.0 Å². The summed E-state index contributed by atoms with van der Waals surface area (Å²) in [6.07, 6.45) is 3.95. The minimum absolute atomic E-state index is 0.0448. The highest BCUT2D eigenvalue weighted by Crippen LogP contribution is 2.37. The van der Waals surface area contributed by atoms with Crippen molar-refractivity contribution in [3.63, 3.8) is 0 Å². The van der Waals surface area contributed by atoms with Crippen LogP contribution in [0.1, 0.15) is 36.6 Å². The molecule has 0 spiro atoms. The second kappa shape index (κ2) is 9.09. The van der Waals surface area contributed by atoms with Crippen molar-refractivity contribution >= 4 is 17.3 Å². The summed E-state index contributed by atoms with van der Waals surface area (Å²) < 4.78 is 5.42. The molecule has 31 heavy (non-hydrogen) atoms. The van der Waals surface area contributed by atoms with Crippen molar-refractivity contribution in [3.05, 3.63) is 101 Å². The standard InChI is InChI=1S/C27H28N2O2/c1-4-19-9-13-22(14-10-19)28-25-18-26(21-7-6-8-24(17-21)31-3)29(27(25)30)23-15-11-20(5-2)12-16-23/h6-18,26,28H,4-5H2,1-3H3/t26-/m0/s1. The van der Waals surface area contributed by atoms with Gasteiger partial charge in [0.15, 0.2) is 0 Å². The fraction of sp³-hybridized carbons (Fsp3) is 0.222. The van der Waals surface area contributed by atoms with Crippen LogP contribution in [0, 0.1) is 0 Å². The van der Waals surface area contributed by atoms with Crippen LogP contribution in [0.2, 0.25) is 0 Å². The van der Waals surface area contributed by atoms with Gasteiger partial charge in [-0.1, -0.05) is 50.2 Å². The van der Waals surface area contributed by atoms with E-state index in [1.165, 1.54) is 11.1 Å². The molecule has 1 heterocycles. The Morgan fingerprint density at radius 2 is 1.55 bits per heavy atom. The molecule has 3 aromatic rings. The highest BCUT2D eigenvalue weighted by atomic mass is 16.5. The van der Waals surface area contributed by atoms with Crippen LogP contribution in [-0.2, 0) is 17.6 Å². The first-order chi connectivity index (χ1) is 15.1. The molecule has 1 amide bonds. The van der Waals surface area contributed by atoms with Crippen LogP contribution in [0.4, 0.5) is 11.4 Å². The minimum atomic E-state index is -0.215. The summed E-state index contributed by atoms with van der Waals surface area (Å²) in [7, 11) is 1.66. The number of carbonyl (C=O) groups excluding carboxylic acids is 1. The molecule has 1 aliphatic heterocycles. The molecule has 1 atom stereocenters. The van der Waals surface area contributed by atoms with Gasteiger partial charge in [-0.25, -0.2) is 0 Å². The number of methoxy groups -OCH3 is 1. The predicted octanol–water partition coefficient (Wildman–Crippen LogP) is 5.90. The maximum Gasteiger partial charge on any atom is 0.275 e. The topological polar surface area (TPSA) is 41.6 Å². The first-order valence-corrected chi connectivity index (χ1v) is 10.8. The summed E-state index contributed by atoms with van der Waals surface area (Å²) >= 11 is 0. The fourth-order valence-electron chi connectivity index (χ4n) is 3.88. The molecule has 158 valence electrons. The quantitative estimate of drug-likeness (QED) is 0.525. The maximum absolute atomic E-state index is 13.5. The Labute approximate surface area is 184 Å². The average molecular weight is 413 g/mol. The molecule has 0 bridgehead atoms. The summed E-state index contributed by atoms with van der Waals surface area (Å²) in [5, 5.41) is 3.33. The number of nitrogens with zero attached hydrogens (tertiary/aromatic N) is 1. The van der Waals surface area contributed by atoms with E-state index in [-0.39, 0.29) is 11.9 Å². The van der Waals surface area contributed by atoms with Crippen LogP contribution in [0.5, 0.6) is 5.75 Å². The highest BCUT2D eigenvalue weighted by molar-refractivity contribution is 6.11. The van der Waals surface area contributed by atoms with Crippen molar-refractivity contribution in [1.29, 1.82) is 0 Å².